The van der Waals surface area contributed by atoms with E-state index in [9.17, 15) is 13.2 Å². The molecule has 2 atom stereocenters. The summed E-state index contributed by atoms with van der Waals surface area (Å²) >= 11 is 0. The molecule has 2 bridgehead atoms. The number of carbonyl (C=O) groups excluding carboxylic acids is 1. The number of carbonyl (C=O) groups is 1. The Balaban J connectivity index is 0.00000208. The van der Waals surface area contributed by atoms with Crippen LogP contribution in [0.1, 0.15) is 43.5 Å². The Kier molecular flexibility index (Phi) is 5.94. The van der Waals surface area contributed by atoms with Crippen LogP contribution in [0.4, 0.5) is 0 Å². The first kappa shape index (κ1) is 19.2. The molecule has 2 unspecified atom stereocenters. The van der Waals surface area contributed by atoms with Crippen LogP contribution in [0.25, 0.3) is 0 Å². The van der Waals surface area contributed by atoms with Crippen LogP contribution in [-0.2, 0) is 9.84 Å². The fraction of sp³-hybridized carbons (Fsp3) is 0.588. The lowest BCUT2D eigenvalue weighted by atomic mass is 10.1. The summed E-state index contributed by atoms with van der Waals surface area (Å²) in [6.07, 6.45) is 3.10. The molecule has 1 amide bonds. The highest BCUT2D eigenvalue weighted by atomic mass is 35.5. The first-order valence-electron chi connectivity index (χ1n) is 8.28. The molecule has 0 aliphatic carbocycles. The molecule has 5 nitrogen and oxygen atoms in total. The molecule has 134 valence electrons. The molecule has 1 aromatic carbocycles. The Morgan fingerprint density at radius 2 is 1.75 bits per heavy atom. The molecule has 1 N–H and O–H groups in total. The monoisotopic (exact) mass is 372 g/mol. The molecule has 1 aromatic rings. The lowest BCUT2D eigenvalue weighted by molar-refractivity contribution is 0.0680. The van der Waals surface area contributed by atoms with Gasteiger partial charge < -0.3 is 10.2 Å². The van der Waals surface area contributed by atoms with Crippen LogP contribution in [0.2, 0.25) is 0 Å². The first-order valence-corrected chi connectivity index (χ1v) is 9.83. The van der Waals surface area contributed by atoms with Crippen LogP contribution < -0.4 is 5.32 Å². The van der Waals surface area contributed by atoms with Crippen molar-refractivity contribution in [1.29, 1.82) is 0 Å². The molecule has 2 saturated heterocycles. The molecule has 2 heterocycles. The van der Waals surface area contributed by atoms with Crippen LogP contribution in [0, 0.1) is 0 Å². The van der Waals surface area contributed by atoms with Crippen LogP contribution >= 0.6 is 12.4 Å². The maximum atomic E-state index is 12.9. The van der Waals surface area contributed by atoms with Gasteiger partial charge in [-0.25, -0.2) is 8.42 Å². The first-order chi connectivity index (χ1) is 10.9. The van der Waals surface area contributed by atoms with Crippen molar-refractivity contribution in [2.24, 2.45) is 0 Å². The van der Waals surface area contributed by atoms with Gasteiger partial charge in [0.15, 0.2) is 9.84 Å². The largest absolute Gasteiger partial charge is 0.331 e. The lowest BCUT2D eigenvalue weighted by Gasteiger charge is -2.28. The Bertz CT molecular complexity index is 674. The number of benzene rings is 1. The van der Waals surface area contributed by atoms with E-state index in [0.29, 0.717) is 11.6 Å². The topological polar surface area (TPSA) is 66.5 Å². The summed E-state index contributed by atoms with van der Waals surface area (Å²) < 4.78 is 24.3. The zero-order chi connectivity index (χ0) is 16.6. The number of hydrogen-bond acceptors (Lipinski definition) is 4. The molecule has 0 spiro atoms. The molecule has 2 aliphatic rings. The number of halogens is 1. The van der Waals surface area contributed by atoms with Crippen LogP contribution in [0.3, 0.4) is 0 Å². The zero-order valence-electron chi connectivity index (χ0n) is 14.1. The van der Waals surface area contributed by atoms with Gasteiger partial charge in [-0.1, -0.05) is 0 Å². The molecular formula is C17H25ClN2O3S. The predicted octanol–water partition coefficient (Wildman–Crippen LogP) is 2.26. The van der Waals surface area contributed by atoms with Gasteiger partial charge in [-0.15, -0.1) is 12.4 Å². The zero-order valence-corrected chi connectivity index (χ0v) is 15.7. The van der Waals surface area contributed by atoms with Gasteiger partial charge in [-0.2, -0.15) is 0 Å². The average molecular weight is 373 g/mol. The highest BCUT2D eigenvalue weighted by Gasteiger charge is 2.38. The fourth-order valence-corrected chi connectivity index (χ4v) is 4.58. The highest BCUT2D eigenvalue weighted by Crippen LogP contribution is 2.29. The van der Waals surface area contributed by atoms with E-state index in [-0.39, 0.29) is 29.3 Å². The number of fused-ring (bicyclic) bond motifs is 2. The highest BCUT2D eigenvalue weighted by molar-refractivity contribution is 7.92. The van der Waals surface area contributed by atoms with E-state index in [4.69, 9.17) is 0 Å². The van der Waals surface area contributed by atoms with Gasteiger partial charge in [0, 0.05) is 24.2 Å². The summed E-state index contributed by atoms with van der Waals surface area (Å²) in [7, 11) is -3.29. The summed E-state index contributed by atoms with van der Waals surface area (Å²) in [4.78, 5) is 15.1. The third-order valence-corrected chi connectivity index (χ3v) is 7.11. The molecule has 24 heavy (non-hydrogen) atoms. The van der Waals surface area contributed by atoms with Crippen molar-refractivity contribution in [2.45, 2.75) is 55.3 Å². The molecule has 2 aliphatic heterocycles. The average Bonchev–Trinajstić information content (AvgIpc) is 2.79. The second kappa shape index (κ2) is 7.42. The number of nitrogens with zero attached hydrogens (tertiary/aromatic N) is 1. The molecule has 0 saturated carbocycles. The SMILES string of the molecule is CC(C)S(=O)(=O)c1ccc(C(=O)N2C3CCNCC2CC3)cc1.Cl. The van der Waals surface area contributed by atoms with Crippen molar-refractivity contribution < 1.29 is 13.2 Å². The second-order valence-corrected chi connectivity index (χ2v) is 9.21. The van der Waals surface area contributed by atoms with Crippen molar-refractivity contribution >= 4 is 28.2 Å². The van der Waals surface area contributed by atoms with Gasteiger partial charge in [0.2, 0.25) is 0 Å². The fourth-order valence-electron chi connectivity index (χ4n) is 3.52. The molecule has 7 heteroatoms. The van der Waals surface area contributed by atoms with Crippen molar-refractivity contribution in [3.8, 4) is 0 Å². The van der Waals surface area contributed by atoms with E-state index < -0.39 is 15.1 Å². The Morgan fingerprint density at radius 3 is 2.38 bits per heavy atom. The second-order valence-electron chi connectivity index (χ2n) is 6.71. The van der Waals surface area contributed by atoms with Crippen molar-refractivity contribution in [3.63, 3.8) is 0 Å². The van der Waals surface area contributed by atoms with Crippen LogP contribution in [0.5, 0.6) is 0 Å². The lowest BCUT2D eigenvalue weighted by Crippen LogP contribution is -2.42. The van der Waals surface area contributed by atoms with Gasteiger partial charge in [-0.3, -0.25) is 4.79 Å². The summed E-state index contributed by atoms with van der Waals surface area (Å²) in [5, 5.41) is 2.92. The van der Waals surface area contributed by atoms with Gasteiger partial charge in [-0.05, 0) is 63.9 Å². The molecular weight excluding hydrogens is 348 g/mol. The number of rotatable bonds is 3. The molecule has 0 radical (unpaired) electrons. The van der Waals surface area contributed by atoms with E-state index in [1.807, 2.05) is 4.90 Å². The number of nitrogens with one attached hydrogen (secondary N) is 1. The Morgan fingerprint density at radius 1 is 1.12 bits per heavy atom. The minimum Gasteiger partial charge on any atom is -0.331 e. The summed E-state index contributed by atoms with van der Waals surface area (Å²) in [6, 6.07) is 6.97. The van der Waals surface area contributed by atoms with Gasteiger partial charge >= 0.3 is 0 Å². The van der Waals surface area contributed by atoms with Gasteiger partial charge in [0.25, 0.3) is 5.91 Å². The van der Waals surface area contributed by atoms with Crippen LogP contribution in [-0.4, -0.2) is 49.6 Å². The number of amides is 1. The Hall–Kier alpha value is -1.11. The molecule has 3 rings (SSSR count). The normalized spacial score (nSPS) is 23.7. The van der Waals surface area contributed by atoms with Crippen molar-refractivity contribution in [1.82, 2.24) is 10.2 Å². The van der Waals surface area contributed by atoms with E-state index in [1.54, 1.807) is 38.1 Å². The molecule has 2 fully saturated rings. The van der Waals surface area contributed by atoms with Crippen molar-refractivity contribution in [3.05, 3.63) is 29.8 Å². The third kappa shape index (κ3) is 3.46. The standard InChI is InChI=1S/C17H24N2O3S.ClH/c1-12(2)23(21,22)16-7-3-13(4-8-16)17(20)19-14-5-6-15(19)11-18-10-9-14;/h3-4,7-8,12,14-15,18H,5-6,9-11H2,1-2H3;1H. The number of hydrogen-bond donors (Lipinski definition) is 1. The summed E-state index contributed by atoms with van der Waals surface area (Å²) in [5.74, 6) is 0.0229. The maximum absolute atomic E-state index is 12.9. The predicted molar refractivity (Wildman–Crippen MR) is 96.5 cm³/mol. The van der Waals surface area contributed by atoms with E-state index in [0.717, 1.165) is 32.4 Å². The summed E-state index contributed by atoms with van der Waals surface area (Å²) in [5.41, 5.74) is 0.575. The van der Waals surface area contributed by atoms with Gasteiger partial charge in [0.05, 0.1) is 10.1 Å². The van der Waals surface area contributed by atoms with E-state index in [1.165, 1.54) is 0 Å². The maximum Gasteiger partial charge on any atom is 0.254 e. The smallest absolute Gasteiger partial charge is 0.254 e. The van der Waals surface area contributed by atoms with Gasteiger partial charge in [0.1, 0.15) is 0 Å². The Labute approximate surface area is 150 Å². The van der Waals surface area contributed by atoms with Crippen LogP contribution in [0.15, 0.2) is 29.2 Å². The third-order valence-electron chi connectivity index (χ3n) is 4.94. The number of sulfone groups is 1. The molecule has 0 aromatic heterocycles. The minimum absolute atomic E-state index is 0. The minimum atomic E-state index is -3.29. The summed E-state index contributed by atoms with van der Waals surface area (Å²) in [6.45, 7) is 5.13. The quantitative estimate of drug-likeness (QED) is 0.883. The van der Waals surface area contributed by atoms with Crippen molar-refractivity contribution in [2.75, 3.05) is 13.1 Å². The van der Waals surface area contributed by atoms with E-state index >= 15 is 0 Å². The van der Waals surface area contributed by atoms with E-state index in [2.05, 4.69) is 5.32 Å².